The number of methoxy groups -OCH3 is 2. The summed E-state index contributed by atoms with van der Waals surface area (Å²) in [6.45, 7) is 1.53. The Morgan fingerprint density at radius 1 is 1.05 bits per heavy atom. The molecule has 218 valence electrons. The maximum absolute atomic E-state index is 13.2. The number of carbonyl (C=O) groups excluding carboxylic acids is 2. The third-order valence-electron chi connectivity index (χ3n) is 6.90. The highest BCUT2D eigenvalue weighted by Crippen LogP contribution is 2.25. The summed E-state index contributed by atoms with van der Waals surface area (Å²) in [4.78, 5) is 43.3. The first kappa shape index (κ1) is 28.7. The Morgan fingerprint density at radius 2 is 1.88 bits per heavy atom. The molecule has 2 aromatic heterocycles. The van der Waals surface area contributed by atoms with E-state index in [1.54, 1.807) is 91.1 Å². The molecule has 1 atom stereocenters. The lowest BCUT2D eigenvalue weighted by molar-refractivity contribution is -0.121. The van der Waals surface area contributed by atoms with E-state index in [0.29, 0.717) is 60.2 Å². The van der Waals surface area contributed by atoms with Crippen LogP contribution in [0, 0.1) is 0 Å². The molecule has 3 amide bonds. The molecule has 0 spiro atoms. The fourth-order valence-corrected chi connectivity index (χ4v) is 4.98. The highest BCUT2D eigenvalue weighted by Gasteiger charge is 2.32. The minimum absolute atomic E-state index is 0.139. The maximum atomic E-state index is 13.2. The molecule has 4 aromatic rings. The fourth-order valence-electron chi connectivity index (χ4n) is 4.70. The van der Waals surface area contributed by atoms with Crippen molar-refractivity contribution in [2.45, 2.75) is 19.0 Å². The van der Waals surface area contributed by atoms with Gasteiger partial charge in [0.15, 0.2) is 0 Å². The lowest BCUT2D eigenvalue weighted by atomic mass is 10.1. The van der Waals surface area contributed by atoms with Crippen LogP contribution in [0.1, 0.15) is 12.0 Å². The third-order valence-corrected chi connectivity index (χ3v) is 7.19. The summed E-state index contributed by atoms with van der Waals surface area (Å²) in [6.07, 6.45) is 6.85. The van der Waals surface area contributed by atoms with Crippen LogP contribution in [-0.2, 0) is 11.3 Å². The van der Waals surface area contributed by atoms with Gasteiger partial charge in [-0.25, -0.2) is 14.8 Å². The number of ether oxygens (including phenoxy) is 2. The summed E-state index contributed by atoms with van der Waals surface area (Å²) < 4.78 is 12.1. The van der Waals surface area contributed by atoms with Crippen LogP contribution < -0.4 is 25.0 Å². The average Bonchev–Trinajstić information content (AvgIpc) is 3.56. The molecule has 0 saturated carbocycles. The lowest BCUT2D eigenvalue weighted by Crippen LogP contribution is -2.57. The predicted molar refractivity (Wildman–Crippen MR) is 158 cm³/mol. The second-order valence-electron chi connectivity index (χ2n) is 9.59. The summed E-state index contributed by atoms with van der Waals surface area (Å²) in [5.74, 6) is 2.22. The molecule has 1 unspecified atom stereocenters. The van der Waals surface area contributed by atoms with E-state index in [1.165, 1.54) is 0 Å². The first-order chi connectivity index (χ1) is 20.4. The van der Waals surface area contributed by atoms with Crippen LogP contribution in [0.25, 0.3) is 5.95 Å². The van der Waals surface area contributed by atoms with Crippen molar-refractivity contribution in [1.29, 1.82) is 0 Å². The van der Waals surface area contributed by atoms with E-state index in [9.17, 15) is 9.59 Å². The molecule has 0 bridgehead atoms. The number of amides is 3. The minimum atomic E-state index is -0.342. The Labute approximate surface area is 248 Å². The summed E-state index contributed by atoms with van der Waals surface area (Å²) in [6, 6.07) is 13.7. The van der Waals surface area contributed by atoms with Gasteiger partial charge in [-0.1, -0.05) is 17.7 Å². The molecular weight excluding hydrogens is 560 g/mol. The molecule has 3 heterocycles. The zero-order chi connectivity index (χ0) is 29.5. The van der Waals surface area contributed by atoms with Crippen LogP contribution in [0.2, 0.25) is 5.02 Å². The Hall–Kier alpha value is -4.84. The van der Waals surface area contributed by atoms with Crippen LogP contribution in [-0.4, -0.2) is 76.3 Å². The molecule has 1 aliphatic heterocycles. The summed E-state index contributed by atoms with van der Waals surface area (Å²) in [7, 11) is 3.14. The maximum Gasteiger partial charge on any atom is 0.321 e. The van der Waals surface area contributed by atoms with E-state index in [1.807, 2.05) is 11.0 Å². The van der Waals surface area contributed by atoms with Crippen molar-refractivity contribution in [3.8, 4) is 17.4 Å². The Morgan fingerprint density at radius 3 is 2.60 bits per heavy atom. The summed E-state index contributed by atoms with van der Waals surface area (Å²) in [5, 5.41) is 6.38. The third kappa shape index (κ3) is 6.89. The van der Waals surface area contributed by atoms with Crippen molar-refractivity contribution in [3.63, 3.8) is 0 Å². The van der Waals surface area contributed by atoms with Gasteiger partial charge in [0, 0.05) is 56.9 Å². The van der Waals surface area contributed by atoms with Gasteiger partial charge in [-0.15, -0.1) is 0 Å². The number of anilines is 2. The van der Waals surface area contributed by atoms with E-state index in [2.05, 4.69) is 20.6 Å². The molecule has 13 heteroatoms. The normalized spacial score (nSPS) is 14.8. The summed E-state index contributed by atoms with van der Waals surface area (Å²) in [5.41, 5.74) is 1.49. The van der Waals surface area contributed by atoms with Gasteiger partial charge in [-0.05, 0) is 48.0 Å². The number of piperazine rings is 1. The predicted octanol–water partition coefficient (Wildman–Crippen LogP) is 3.76. The van der Waals surface area contributed by atoms with Gasteiger partial charge < -0.3 is 29.9 Å². The molecule has 1 saturated heterocycles. The van der Waals surface area contributed by atoms with Gasteiger partial charge in [0.2, 0.25) is 11.9 Å². The van der Waals surface area contributed by atoms with E-state index in [4.69, 9.17) is 26.1 Å². The molecule has 2 N–H and O–H groups in total. The highest BCUT2D eigenvalue weighted by atomic mass is 35.5. The molecule has 0 radical (unpaired) electrons. The number of urea groups is 1. The van der Waals surface area contributed by atoms with Crippen LogP contribution >= 0.6 is 11.6 Å². The number of benzene rings is 2. The van der Waals surface area contributed by atoms with E-state index < -0.39 is 0 Å². The number of nitrogens with one attached hydrogen (secondary N) is 2. The Bertz CT molecular complexity index is 1520. The molecule has 0 aliphatic carbocycles. The van der Waals surface area contributed by atoms with Gasteiger partial charge in [0.05, 0.1) is 25.3 Å². The number of nitrogens with zero attached hydrogens (tertiary/aromatic N) is 6. The van der Waals surface area contributed by atoms with Crippen molar-refractivity contribution < 1.29 is 19.1 Å². The average molecular weight is 591 g/mol. The van der Waals surface area contributed by atoms with E-state index >= 15 is 0 Å². The molecule has 12 nitrogen and oxygen atoms in total. The lowest BCUT2D eigenvalue weighted by Gasteiger charge is -2.41. The second-order valence-corrected chi connectivity index (χ2v) is 9.99. The van der Waals surface area contributed by atoms with Crippen molar-refractivity contribution in [3.05, 3.63) is 84.0 Å². The molecule has 5 rings (SSSR count). The topological polar surface area (TPSA) is 127 Å². The molecule has 42 heavy (non-hydrogen) atoms. The fraction of sp³-hybridized carbons (Fsp3) is 0.276. The van der Waals surface area contributed by atoms with Crippen molar-refractivity contribution in [2.24, 2.45) is 0 Å². The Kier molecular flexibility index (Phi) is 9.02. The minimum Gasteiger partial charge on any atom is -0.497 e. The van der Waals surface area contributed by atoms with Gasteiger partial charge in [0.1, 0.15) is 23.6 Å². The van der Waals surface area contributed by atoms with E-state index in [0.717, 1.165) is 5.56 Å². The standard InChI is InChI=1S/C29H31ClN8O4/c1-41-23-6-4-21(5-7-23)34-29(40)36-13-14-38(26-9-10-32-28(35-26)37-12-11-31-19-37)22(18-36)16-27(39)33-17-20-3-8-25(42-2)24(30)15-20/h3-12,15,19,22H,13-14,16-18H2,1-2H3,(H,33,39)(H,34,40). The number of rotatable bonds is 9. The quantitative estimate of drug-likeness (QED) is 0.302. The molecule has 1 fully saturated rings. The van der Waals surface area contributed by atoms with Crippen LogP contribution in [0.5, 0.6) is 11.5 Å². The highest BCUT2D eigenvalue weighted by molar-refractivity contribution is 6.32. The zero-order valence-electron chi connectivity index (χ0n) is 23.2. The smallest absolute Gasteiger partial charge is 0.321 e. The monoisotopic (exact) mass is 590 g/mol. The van der Waals surface area contributed by atoms with Crippen molar-refractivity contribution in [1.82, 2.24) is 29.7 Å². The number of hydrogen-bond acceptors (Lipinski definition) is 8. The SMILES string of the molecule is COc1ccc(NC(=O)N2CCN(c3ccnc(-n4ccnc4)n3)C(CC(=O)NCc3ccc(OC)c(Cl)c3)C2)cc1. The number of carbonyl (C=O) groups is 2. The Balaban J connectivity index is 1.31. The van der Waals surface area contributed by atoms with Crippen LogP contribution in [0.4, 0.5) is 16.3 Å². The first-order valence-corrected chi connectivity index (χ1v) is 13.7. The van der Waals surface area contributed by atoms with Crippen LogP contribution in [0.3, 0.4) is 0 Å². The van der Waals surface area contributed by atoms with Crippen LogP contribution in [0.15, 0.2) is 73.4 Å². The van der Waals surface area contributed by atoms with Crippen molar-refractivity contribution >= 4 is 35.0 Å². The largest absolute Gasteiger partial charge is 0.497 e. The second kappa shape index (κ2) is 13.2. The molecular formula is C29H31ClN8O4. The molecule has 1 aliphatic rings. The number of hydrogen-bond donors (Lipinski definition) is 2. The number of aromatic nitrogens is 4. The number of halogens is 1. The van der Waals surface area contributed by atoms with Gasteiger partial charge in [0.25, 0.3) is 0 Å². The molecule has 2 aromatic carbocycles. The van der Waals surface area contributed by atoms with Gasteiger partial charge in [-0.2, -0.15) is 4.98 Å². The van der Waals surface area contributed by atoms with E-state index in [-0.39, 0.29) is 24.4 Å². The summed E-state index contributed by atoms with van der Waals surface area (Å²) >= 11 is 6.24. The first-order valence-electron chi connectivity index (χ1n) is 13.3. The van der Waals surface area contributed by atoms with Gasteiger partial charge >= 0.3 is 6.03 Å². The zero-order valence-corrected chi connectivity index (χ0v) is 24.0. The van der Waals surface area contributed by atoms with Gasteiger partial charge in [-0.3, -0.25) is 9.36 Å². The number of imidazole rings is 1. The van der Waals surface area contributed by atoms with Crippen molar-refractivity contribution in [2.75, 3.05) is 44.1 Å².